The van der Waals surface area contributed by atoms with Gasteiger partial charge in [0, 0.05) is 11.5 Å². The summed E-state index contributed by atoms with van der Waals surface area (Å²) >= 11 is 0. The number of benzene rings is 2. The Morgan fingerprint density at radius 3 is 0.852 bits per heavy atom. The molecule has 2 aliphatic rings. The van der Waals surface area contributed by atoms with E-state index in [-0.39, 0.29) is 21.7 Å². The third kappa shape index (κ3) is 15.5. The van der Waals surface area contributed by atoms with E-state index in [1.54, 1.807) is 14.2 Å². The molecule has 0 aliphatic heterocycles. The SMILES string of the molecule is COc1cc[c-]cc1.COc1cc[c-]cc1.[CH]1[CH][CH][CH][CH]1.[CH]1[CH][CH][CH][CH]1.[Ti+2]. The van der Waals surface area contributed by atoms with Gasteiger partial charge in [-0.3, -0.25) is 0 Å². The van der Waals surface area contributed by atoms with Gasteiger partial charge in [-0.25, -0.2) is 0 Å². The normalized spacial score (nSPS) is 14.0. The van der Waals surface area contributed by atoms with Gasteiger partial charge in [0.15, 0.2) is 0 Å². The maximum atomic E-state index is 4.89. The van der Waals surface area contributed by atoms with Crippen LogP contribution >= 0.6 is 0 Å². The van der Waals surface area contributed by atoms with Gasteiger partial charge < -0.3 is 9.47 Å². The van der Waals surface area contributed by atoms with Crippen molar-refractivity contribution in [2.24, 2.45) is 0 Å². The molecule has 2 aromatic rings. The fourth-order valence-electron chi connectivity index (χ4n) is 1.66. The predicted octanol–water partition coefficient (Wildman–Crippen LogP) is 5.03. The zero-order valence-corrected chi connectivity index (χ0v) is 17.3. The molecular formula is C24H24O2Ti. The second-order valence-electron chi connectivity index (χ2n) is 4.80. The topological polar surface area (TPSA) is 18.5 Å². The van der Waals surface area contributed by atoms with Crippen LogP contribution in [0.5, 0.6) is 11.5 Å². The summed E-state index contributed by atoms with van der Waals surface area (Å²) < 4.78 is 9.79. The molecule has 0 saturated heterocycles. The molecule has 3 heteroatoms. The Morgan fingerprint density at radius 2 is 0.704 bits per heavy atom. The molecule has 0 aromatic heterocycles. The van der Waals surface area contributed by atoms with Crippen molar-refractivity contribution in [3.8, 4) is 11.5 Å². The Balaban J connectivity index is 0.000000337. The van der Waals surface area contributed by atoms with Crippen LogP contribution in [0, 0.1) is 76.3 Å². The van der Waals surface area contributed by atoms with Gasteiger partial charge in [0.1, 0.15) is 0 Å². The van der Waals surface area contributed by atoms with E-state index in [0.29, 0.717) is 0 Å². The van der Waals surface area contributed by atoms with Crippen LogP contribution < -0.4 is 9.47 Å². The first kappa shape index (κ1) is 25.8. The van der Waals surface area contributed by atoms with Crippen molar-refractivity contribution in [2.45, 2.75) is 0 Å². The first-order valence-electron chi connectivity index (χ1n) is 8.20. The molecule has 27 heavy (non-hydrogen) atoms. The van der Waals surface area contributed by atoms with Crippen molar-refractivity contribution in [3.05, 3.63) is 125 Å². The number of rotatable bonds is 2. The van der Waals surface area contributed by atoms with Crippen LogP contribution in [0.25, 0.3) is 0 Å². The number of hydrogen-bond donors (Lipinski definition) is 0. The molecule has 136 valence electrons. The summed E-state index contributed by atoms with van der Waals surface area (Å²) in [7, 11) is 3.30. The summed E-state index contributed by atoms with van der Waals surface area (Å²) in [5, 5.41) is 0. The molecule has 10 radical (unpaired) electrons. The molecule has 4 rings (SSSR count). The smallest absolute Gasteiger partial charge is 0.522 e. The largest absolute Gasteiger partial charge is 2.00 e. The second kappa shape index (κ2) is 19.5. The molecule has 2 aromatic carbocycles. The average molecular weight is 392 g/mol. The quantitative estimate of drug-likeness (QED) is 0.527. The van der Waals surface area contributed by atoms with Crippen LogP contribution in [0.4, 0.5) is 0 Å². The zero-order chi connectivity index (χ0) is 18.7. The molecule has 0 unspecified atom stereocenters. The van der Waals surface area contributed by atoms with Gasteiger partial charge >= 0.3 is 21.7 Å². The van der Waals surface area contributed by atoms with Crippen molar-refractivity contribution in [2.75, 3.05) is 14.2 Å². The second-order valence-corrected chi connectivity index (χ2v) is 4.80. The maximum Gasteiger partial charge on any atom is 2.00 e. The van der Waals surface area contributed by atoms with Gasteiger partial charge in [-0.05, 0) is 64.2 Å². The molecule has 0 heterocycles. The van der Waals surface area contributed by atoms with Crippen molar-refractivity contribution < 1.29 is 31.2 Å². The van der Waals surface area contributed by atoms with E-state index in [0.717, 1.165) is 11.5 Å². The van der Waals surface area contributed by atoms with E-state index in [9.17, 15) is 0 Å². The van der Waals surface area contributed by atoms with Gasteiger partial charge in [0.2, 0.25) is 0 Å². The summed E-state index contributed by atoms with van der Waals surface area (Å²) in [6, 6.07) is 20.5. The van der Waals surface area contributed by atoms with E-state index in [2.05, 4.69) is 12.1 Å². The van der Waals surface area contributed by atoms with Crippen molar-refractivity contribution in [1.82, 2.24) is 0 Å². The van der Waals surface area contributed by atoms with Gasteiger partial charge in [-0.15, -0.1) is 24.3 Å². The van der Waals surface area contributed by atoms with Crippen LogP contribution in [0.3, 0.4) is 0 Å². The average Bonchev–Trinajstić information content (AvgIpc) is 3.48. The Labute approximate surface area is 181 Å². The van der Waals surface area contributed by atoms with Crippen LogP contribution in [-0.2, 0) is 21.7 Å². The molecule has 0 spiro atoms. The Morgan fingerprint density at radius 1 is 0.481 bits per heavy atom. The molecule has 0 bridgehead atoms. The van der Waals surface area contributed by atoms with Crippen LogP contribution in [-0.4, -0.2) is 14.2 Å². The molecular weight excluding hydrogens is 368 g/mol. The molecule has 2 saturated carbocycles. The van der Waals surface area contributed by atoms with E-state index < -0.39 is 0 Å². The third-order valence-electron chi connectivity index (χ3n) is 2.96. The number of methoxy groups -OCH3 is 2. The van der Waals surface area contributed by atoms with E-state index >= 15 is 0 Å². The molecule has 0 atom stereocenters. The summed E-state index contributed by atoms with van der Waals surface area (Å²) in [4.78, 5) is 0. The summed E-state index contributed by atoms with van der Waals surface area (Å²) in [5.74, 6) is 1.76. The number of hydrogen-bond acceptors (Lipinski definition) is 2. The van der Waals surface area contributed by atoms with Crippen molar-refractivity contribution in [1.29, 1.82) is 0 Å². The van der Waals surface area contributed by atoms with Crippen LogP contribution in [0.15, 0.2) is 48.5 Å². The Hall–Kier alpha value is -1.25. The van der Waals surface area contributed by atoms with E-state index in [4.69, 9.17) is 9.47 Å². The van der Waals surface area contributed by atoms with Gasteiger partial charge in [0.05, 0.1) is 14.2 Å². The van der Waals surface area contributed by atoms with E-state index in [1.165, 1.54) is 0 Å². The first-order valence-corrected chi connectivity index (χ1v) is 8.20. The summed E-state index contributed by atoms with van der Waals surface area (Å²) in [5.41, 5.74) is 0. The summed E-state index contributed by atoms with van der Waals surface area (Å²) in [6.45, 7) is 0. The maximum absolute atomic E-state index is 4.89. The minimum absolute atomic E-state index is 0. The number of ether oxygens (including phenoxy) is 2. The van der Waals surface area contributed by atoms with Crippen molar-refractivity contribution in [3.63, 3.8) is 0 Å². The van der Waals surface area contributed by atoms with Gasteiger partial charge in [0.25, 0.3) is 0 Å². The molecule has 0 amide bonds. The molecule has 2 nitrogen and oxygen atoms in total. The molecule has 2 aliphatic carbocycles. The fraction of sp³-hybridized carbons (Fsp3) is 0.0833. The Bertz CT molecular complexity index is 444. The Kier molecular flexibility index (Phi) is 18.6. The fourth-order valence-corrected chi connectivity index (χ4v) is 1.66. The van der Waals surface area contributed by atoms with Crippen LogP contribution in [0.2, 0.25) is 0 Å². The summed E-state index contributed by atoms with van der Waals surface area (Å²) in [6.07, 6.45) is 20.0. The minimum Gasteiger partial charge on any atom is -0.522 e. The predicted molar refractivity (Wildman–Crippen MR) is 107 cm³/mol. The first-order chi connectivity index (χ1) is 12.9. The minimum atomic E-state index is 0. The van der Waals surface area contributed by atoms with E-state index in [1.807, 2.05) is 113 Å². The monoisotopic (exact) mass is 392 g/mol. The van der Waals surface area contributed by atoms with Crippen molar-refractivity contribution >= 4 is 0 Å². The van der Waals surface area contributed by atoms with Gasteiger partial charge in [-0.2, -0.15) is 36.4 Å². The zero-order valence-electron chi connectivity index (χ0n) is 15.7. The third-order valence-corrected chi connectivity index (χ3v) is 2.96. The standard InChI is InChI=1S/2C7H7O.2C5H5.Ti/c2*1-8-7-5-3-2-4-6-7;2*1-2-4-5-3-1;/h2*3-6H,1H3;2*1-5H;/q2*-1;;;+2. The molecule has 2 fully saturated rings. The van der Waals surface area contributed by atoms with Gasteiger partial charge in [-0.1, -0.05) is 0 Å². The van der Waals surface area contributed by atoms with Crippen LogP contribution in [0.1, 0.15) is 0 Å². The molecule has 0 N–H and O–H groups in total.